The highest BCUT2D eigenvalue weighted by Gasteiger charge is 2.35. The topological polar surface area (TPSA) is 98.0 Å². The predicted octanol–water partition coefficient (Wildman–Crippen LogP) is 4.64. The molecule has 2 unspecified atom stereocenters. The molecule has 12 heteroatoms. The maximum atomic E-state index is 14.4. The van der Waals surface area contributed by atoms with Crippen LogP contribution >= 0.6 is 39.0 Å². The lowest BCUT2D eigenvalue weighted by Gasteiger charge is -2.32. The van der Waals surface area contributed by atoms with Crippen molar-refractivity contribution in [2.45, 2.75) is 38.0 Å². The van der Waals surface area contributed by atoms with E-state index in [1.807, 2.05) is 5.38 Å². The van der Waals surface area contributed by atoms with E-state index >= 15 is 0 Å². The molecule has 2 aliphatic heterocycles. The van der Waals surface area contributed by atoms with Crippen molar-refractivity contribution in [3.63, 3.8) is 0 Å². The van der Waals surface area contributed by atoms with Crippen molar-refractivity contribution < 1.29 is 23.8 Å². The third-order valence-electron chi connectivity index (χ3n) is 5.90. The van der Waals surface area contributed by atoms with Crippen molar-refractivity contribution in [2.75, 3.05) is 31.2 Å². The van der Waals surface area contributed by atoms with E-state index in [1.165, 1.54) is 23.5 Å². The van der Waals surface area contributed by atoms with Gasteiger partial charge in [-0.15, -0.1) is 11.3 Å². The number of hydrogen-bond donors (Lipinski definition) is 3. The number of thioether (sulfide) groups is 1. The maximum Gasteiger partial charge on any atom is 0.290 e. The van der Waals surface area contributed by atoms with Crippen molar-refractivity contribution in [2.24, 2.45) is 4.99 Å². The average Bonchev–Trinajstić information content (AvgIpc) is 3.49. The summed E-state index contributed by atoms with van der Waals surface area (Å²) in [6, 6.07) is 4.52. The van der Waals surface area contributed by atoms with Crippen LogP contribution in [0, 0.1) is 5.82 Å². The van der Waals surface area contributed by atoms with Gasteiger partial charge >= 0.3 is 0 Å². The fourth-order valence-electron chi connectivity index (χ4n) is 4.38. The molecule has 0 spiro atoms. The van der Waals surface area contributed by atoms with Gasteiger partial charge < -0.3 is 15.5 Å². The van der Waals surface area contributed by atoms with Crippen molar-refractivity contribution in [3.05, 3.63) is 61.9 Å². The van der Waals surface area contributed by atoms with Crippen LogP contribution in [-0.4, -0.2) is 75.8 Å². The summed E-state index contributed by atoms with van der Waals surface area (Å²) in [6.07, 6.45) is 2.15. The number of carboxylic acid groups (broad SMARTS) is 1. The van der Waals surface area contributed by atoms with Gasteiger partial charge in [-0.2, -0.15) is 11.8 Å². The fourth-order valence-corrected chi connectivity index (χ4v) is 6.45. The molecule has 0 saturated carbocycles. The quantitative estimate of drug-likeness (QED) is 0.284. The van der Waals surface area contributed by atoms with E-state index in [0.717, 1.165) is 34.0 Å². The van der Waals surface area contributed by atoms with Gasteiger partial charge in [0.15, 0.2) is 10.8 Å². The second-order valence-corrected chi connectivity index (χ2v) is 11.1. The normalized spacial score (nSPS) is 22.0. The minimum absolute atomic E-state index is 0.113. The zero-order valence-corrected chi connectivity index (χ0v) is 23.0. The Balaban J connectivity index is 0.00000115. The second-order valence-electron chi connectivity index (χ2n) is 8.19. The van der Waals surface area contributed by atoms with Crippen molar-refractivity contribution in [1.29, 1.82) is 0 Å². The minimum atomic E-state index is -0.854. The van der Waals surface area contributed by atoms with E-state index in [2.05, 4.69) is 38.1 Å². The number of aromatic nitrogens is 1. The summed E-state index contributed by atoms with van der Waals surface area (Å²) in [5, 5.41) is 22.2. The van der Waals surface area contributed by atoms with Crippen LogP contribution in [0.4, 0.5) is 8.78 Å². The lowest BCUT2D eigenvalue weighted by atomic mass is 9.93. The monoisotopic (exact) mass is 602 g/mol. The number of amidine groups is 1. The molecule has 4 rings (SSSR count). The van der Waals surface area contributed by atoms with Gasteiger partial charge in [0.25, 0.3) is 6.47 Å². The highest BCUT2D eigenvalue weighted by atomic mass is 79.9. The summed E-state index contributed by atoms with van der Waals surface area (Å²) >= 11 is 6.68. The van der Waals surface area contributed by atoms with Gasteiger partial charge in [-0.05, 0) is 36.1 Å². The SMILES string of the molecule is CCC1=C(CN2CC(F)CC2CSCCO)NC(c2nccs2)=N[C@H]1c1ccc(F)cc1Br.O=CO. The largest absolute Gasteiger partial charge is 0.483 e. The van der Waals surface area contributed by atoms with Crippen LogP contribution in [0.1, 0.15) is 36.4 Å². The first-order chi connectivity index (χ1) is 17.4. The Morgan fingerprint density at radius 1 is 1.42 bits per heavy atom. The molecule has 1 fully saturated rings. The number of aliphatic hydroxyl groups excluding tert-OH is 1. The molecule has 1 aromatic carbocycles. The molecule has 36 heavy (non-hydrogen) atoms. The van der Waals surface area contributed by atoms with E-state index in [4.69, 9.17) is 20.0 Å². The van der Waals surface area contributed by atoms with E-state index in [-0.39, 0.29) is 31.0 Å². The Morgan fingerprint density at radius 3 is 2.83 bits per heavy atom. The van der Waals surface area contributed by atoms with Crippen LogP contribution in [0.25, 0.3) is 0 Å². The minimum Gasteiger partial charge on any atom is -0.483 e. The molecule has 1 aromatic heterocycles. The summed E-state index contributed by atoms with van der Waals surface area (Å²) in [6.45, 7) is 2.93. The molecule has 0 amide bonds. The number of thiazole rings is 1. The first-order valence-corrected chi connectivity index (χ1v) is 14.3. The van der Waals surface area contributed by atoms with E-state index in [9.17, 15) is 8.78 Å². The van der Waals surface area contributed by atoms with Gasteiger partial charge in [-0.1, -0.05) is 28.9 Å². The van der Waals surface area contributed by atoms with Gasteiger partial charge in [0.2, 0.25) is 0 Å². The number of nitrogens with zero attached hydrogens (tertiary/aromatic N) is 3. The number of halogens is 3. The molecular weight excluding hydrogens is 574 g/mol. The van der Waals surface area contributed by atoms with Crippen LogP contribution < -0.4 is 5.32 Å². The lowest BCUT2D eigenvalue weighted by molar-refractivity contribution is -0.122. The number of benzene rings is 1. The molecule has 0 radical (unpaired) electrons. The van der Waals surface area contributed by atoms with E-state index in [1.54, 1.807) is 24.0 Å². The zero-order valence-electron chi connectivity index (χ0n) is 19.7. The van der Waals surface area contributed by atoms with Gasteiger partial charge in [-0.25, -0.2) is 13.8 Å². The van der Waals surface area contributed by atoms with Crippen LogP contribution in [0.3, 0.4) is 0 Å². The van der Waals surface area contributed by atoms with Crippen LogP contribution in [0.5, 0.6) is 0 Å². The molecule has 1 saturated heterocycles. The smallest absolute Gasteiger partial charge is 0.290 e. The fraction of sp³-hybridized carbons (Fsp3) is 0.458. The molecule has 3 atom stereocenters. The first-order valence-electron chi connectivity index (χ1n) is 11.5. The molecule has 3 N–H and O–H groups in total. The molecular formula is C24H29BrF2N4O3S2. The van der Waals surface area contributed by atoms with Crippen molar-refractivity contribution >= 4 is 51.3 Å². The lowest BCUT2D eigenvalue weighted by Crippen LogP contribution is -2.40. The summed E-state index contributed by atoms with van der Waals surface area (Å²) < 4.78 is 28.8. The molecule has 3 heterocycles. The highest BCUT2D eigenvalue weighted by Crippen LogP contribution is 2.38. The molecule has 0 bridgehead atoms. The van der Waals surface area contributed by atoms with Gasteiger partial charge in [0.1, 0.15) is 18.0 Å². The zero-order chi connectivity index (χ0) is 26.1. The summed E-state index contributed by atoms with van der Waals surface area (Å²) in [4.78, 5) is 20.0. The van der Waals surface area contributed by atoms with Crippen LogP contribution in [-0.2, 0) is 4.79 Å². The second kappa shape index (κ2) is 14.2. The van der Waals surface area contributed by atoms with E-state index in [0.29, 0.717) is 35.6 Å². The molecule has 0 aliphatic carbocycles. The molecule has 2 aliphatic rings. The summed E-state index contributed by atoms with van der Waals surface area (Å²) in [5.41, 5.74) is 3.00. The Labute approximate surface area is 225 Å². The number of carbonyl (C=O) groups is 1. The predicted molar refractivity (Wildman–Crippen MR) is 144 cm³/mol. The number of likely N-dealkylation sites (tertiary alicyclic amines) is 1. The number of nitrogens with one attached hydrogen (secondary N) is 1. The molecule has 2 aromatic rings. The third-order valence-corrected chi connectivity index (χ3v) is 8.46. The van der Waals surface area contributed by atoms with Gasteiger partial charge in [0, 0.05) is 52.4 Å². The maximum absolute atomic E-state index is 14.4. The molecule has 196 valence electrons. The Morgan fingerprint density at radius 2 is 2.19 bits per heavy atom. The van der Waals surface area contributed by atoms with Crippen molar-refractivity contribution in [3.8, 4) is 0 Å². The Hall–Kier alpha value is -1.86. The Kier molecular flexibility index (Phi) is 11.3. The standard InChI is InChI=1S/C23H27BrF2N4OS2.CH2O2/c1-2-17-20(12-30-11-15(26)9-16(30)13-32-8-6-31)28-22(23-27-5-7-33-23)29-21(17)18-4-3-14(25)10-19(18)24;2-1-3/h3-5,7,10,15-16,21,31H,2,6,8-9,11-13H2,1H3,(H,28,29);1H,(H,2,3)/t15?,16?,21-;/m1./s1. The summed E-state index contributed by atoms with van der Waals surface area (Å²) in [7, 11) is 0. The number of rotatable bonds is 9. The average molecular weight is 604 g/mol. The van der Waals surface area contributed by atoms with Crippen LogP contribution in [0.2, 0.25) is 0 Å². The number of aliphatic imine (C=N–C) groups is 1. The van der Waals surface area contributed by atoms with Gasteiger partial charge in [-0.3, -0.25) is 14.7 Å². The number of hydrogen-bond acceptors (Lipinski definition) is 8. The number of alkyl halides is 1. The molecule has 7 nitrogen and oxygen atoms in total. The number of aliphatic hydroxyl groups is 1. The highest BCUT2D eigenvalue weighted by molar-refractivity contribution is 9.10. The first kappa shape index (κ1) is 28.7. The van der Waals surface area contributed by atoms with Crippen molar-refractivity contribution in [1.82, 2.24) is 15.2 Å². The van der Waals surface area contributed by atoms with Gasteiger partial charge in [0.05, 0.1) is 6.61 Å². The summed E-state index contributed by atoms with van der Waals surface area (Å²) in [5.74, 6) is 1.82. The van der Waals surface area contributed by atoms with E-state index < -0.39 is 6.17 Å². The third kappa shape index (κ3) is 7.34. The Bertz CT molecular complexity index is 1070. The van der Waals surface area contributed by atoms with Crippen LogP contribution in [0.15, 0.2) is 50.5 Å².